The first-order valence-electron chi connectivity index (χ1n) is 11.1. The van der Waals surface area contributed by atoms with E-state index in [0.717, 1.165) is 43.8 Å². The van der Waals surface area contributed by atoms with E-state index in [1.54, 1.807) is 12.0 Å². The molecule has 6 heteroatoms. The van der Waals surface area contributed by atoms with Gasteiger partial charge in [-0.15, -0.1) is 0 Å². The summed E-state index contributed by atoms with van der Waals surface area (Å²) in [6, 6.07) is 17.3. The first kappa shape index (κ1) is 21.2. The van der Waals surface area contributed by atoms with Crippen molar-refractivity contribution < 1.29 is 14.3 Å². The number of benzene rings is 2. The van der Waals surface area contributed by atoms with E-state index in [2.05, 4.69) is 16.3 Å². The monoisotopic (exact) mass is 421 g/mol. The predicted molar refractivity (Wildman–Crippen MR) is 121 cm³/mol. The predicted octanol–water partition coefficient (Wildman–Crippen LogP) is 3.48. The van der Waals surface area contributed by atoms with Gasteiger partial charge in [-0.3, -0.25) is 9.59 Å². The third-order valence-electron chi connectivity index (χ3n) is 6.58. The average molecular weight is 422 g/mol. The van der Waals surface area contributed by atoms with Crippen molar-refractivity contribution in [2.24, 2.45) is 0 Å². The molecule has 31 heavy (non-hydrogen) atoms. The molecule has 2 aromatic rings. The van der Waals surface area contributed by atoms with Crippen LogP contribution in [0.1, 0.15) is 43.0 Å². The van der Waals surface area contributed by atoms with Gasteiger partial charge in [0, 0.05) is 31.2 Å². The van der Waals surface area contributed by atoms with Crippen molar-refractivity contribution in [2.45, 2.75) is 44.2 Å². The molecule has 164 valence electrons. The lowest BCUT2D eigenvalue weighted by atomic mass is 9.95. The number of amides is 2. The number of hydrogen-bond donors (Lipinski definition) is 1. The molecule has 2 saturated heterocycles. The number of ether oxygens (including phenoxy) is 1. The zero-order valence-corrected chi connectivity index (χ0v) is 18.3. The van der Waals surface area contributed by atoms with E-state index in [-0.39, 0.29) is 17.9 Å². The molecule has 0 saturated carbocycles. The molecule has 2 unspecified atom stereocenters. The van der Waals surface area contributed by atoms with Crippen molar-refractivity contribution in [3.8, 4) is 5.75 Å². The lowest BCUT2D eigenvalue weighted by Gasteiger charge is -2.39. The number of nitrogens with zero attached hydrogens (tertiary/aromatic N) is 2. The van der Waals surface area contributed by atoms with Crippen molar-refractivity contribution in [3.63, 3.8) is 0 Å². The van der Waals surface area contributed by atoms with Crippen molar-refractivity contribution in [3.05, 3.63) is 60.2 Å². The number of likely N-dealkylation sites (tertiary alicyclic amines) is 1. The Balaban J connectivity index is 1.46. The quantitative estimate of drug-likeness (QED) is 0.803. The van der Waals surface area contributed by atoms with Gasteiger partial charge in [-0.2, -0.15) is 0 Å². The zero-order chi connectivity index (χ0) is 21.8. The van der Waals surface area contributed by atoms with Gasteiger partial charge in [-0.05, 0) is 56.9 Å². The Bertz CT molecular complexity index is 933. The highest BCUT2D eigenvalue weighted by atomic mass is 16.5. The van der Waals surface area contributed by atoms with Crippen LogP contribution in [0.5, 0.6) is 5.75 Å². The van der Waals surface area contributed by atoms with Gasteiger partial charge in [0.25, 0.3) is 5.91 Å². The minimum absolute atomic E-state index is 0.0391. The molecule has 1 N–H and O–H groups in total. The second-order valence-corrected chi connectivity index (χ2v) is 8.63. The Hall–Kier alpha value is -3.02. The van der Waals surface area contributed by atoms with Crippen molar-refractivity contribution in [2.75, 3.05) is 31.6 Å². The first-order valence-corrected chi connectivity index (χ1v) is 11.1. The maximum absolute atomic E-state index is 13.4. The second-order valence-electron chi connectivity index (χ2n) is 8.63. The molecule has 0 spiro atoms. The Kier molecular flexibility index (Phi) is 6.16. The van der Waals surface area contributed by atoms with E-state index in [9.17, 15) is 9.59 Å². The number of methoxy groups -OCH3 is 1. The topological polar surface area (TPSA) is 61.9 Å². The fourth-order valence-electron chi connectivity index (χ4n) is 4.81. The van der Waals surface area contributed by atoms with Crippen LogP contribution >= 0.6 is 0 Å². The van der Waals surface area contributed by atoms with Gasteiger partial charge in [0.15, 0.2) is 0 Å². The molecule has 0 bridgehead atoms. The molecule has 2 aliphatic heterocycles. The van der Waals surface area contributed by atoms with Crippen LogP contribution < -0.4 is 15.0 Å². The normalized spacial score (nSPS) is 23.5. The lowest BCUT2D eigenvalue weighted by molar-refractivity contribution is -0.130. The maximum Gasteiger partial charge on any atom is 0.254 e. The molecule has 0 aliphatic carbocycles. The Morgan fingerprint density at radius 2 is 1.77 bits per heavy atom. The largest absolute Gasteiger partial charge is 0.495 e. The van der Waals surface area contributed by atoms with Crippen molar-refractivity contribution >= 4 is 17.5 Å². The van der Waals surface area contributed by atoms with Gasteiger partial charge in [0.1, 0.15) is 11.3 Å². The molecule has 2 atom stereocenters. The molecule has 2 aliphatic rings. The van der Waals surface area contributed by atoms with Gasteiger partial charge >= 0.3 is 0 Å². The van der Waals surface area contributed by atoms with Crippen LogP contribution in [0.25, 0.3) is 0 Å². The molecule has 6 nitrogen and oxygen atoms in total. The number of carbonyl (C=O) groups is 2. The van der Waals surface area contributed by atoms with Gasteiger partial charge in [-0.25, -0.2) is 0 Å². The highest BCUT2D eigenvalue weighted by Crippen LogP contribution is 2.33. The van der Waals surface area contributed by atoms with Crippen LogP contribution in [0, 0.1) is 0 Å². The minimum atomic E-state index is -0.820. The molecule has 2 fully saturated rings. The van der Waals surface area contributed by atoms with E-state index in [0.29, 0.717) is 18.5 Å². The maximum atomic E-state index is 13.4. The number of carbonyl (C=O) groups excluding carboxylic acids is 2. The van der Waals surface area contributed by atoms with Gasteiger partial charge in [0.05, 0.1) is 12.8 Å². The van der Waals surface area contributed by atoms with Crippen LogP contribution in [0.15, 0.2) is 54.6 Å². The van der Waals surface area contributed by atoms with Crippen LogP contribution in [0.2, 0.25) is 0 Å². The number of para-hydroxylation sites is 2. The fourth-order valence-corrected chi connectivity index (χ4v) is 4.81. The fraction of sp³-hybridized carbons (Fsp3) is 0.440. The molecule has 2 amide bonds. The average Bonchev–Trinajstić information content (AvgIpc) is 3.22. The molecule has 0 radical (unpaired) electrons. The summed E-state index contributed by atoms with van der Waals surface area (Å²) in [5.74, 6) is 0.716. The molecular weight excluding hydrogens is 390 g/mol. The Morgan fingerprint density at radius 3 is 2.55 bits per heavy atom. The number of nitrogens with one attached hydrogen (secondary N) is 1. The molecule has 2 heterocycles. The van der Waals surface area contributed by atoms with Crippen LogP contribution in [-0.2, 0) is 4.79 Å². The number of piperidine rings is 1. The summed E-state index contributed by atoms with van der Waals surface area (Å²) < 4.78 is 5.52. The summed E-state index contributed by atoms with van der Waals surface area (Å²) in [6.45, 7) is 4.17. The smallest absolute Gasteiger partial charge is 0.254 e. The molecular formula is C25H31N3O3. The molecule has 2 aromatic carbocycles. The summed E-state index contributed by atoms with van der Waals surface area (Å²) in [7, 11) is 1.68. The van der Waals surface area contributed by atoms with Crippen LogP contribution in [0.3, 0.4) is 0 Å². The summed E-state index contributed by atoms with van der Waals surface area (Å²) in [4.78, 5) is 30.5. The number of hydrogen-bond acceptors (Lipinski definition) is 4. The molecule has 0 aromatic heterocycles. The van der Waals surface area contributed by atoms with Crippen molar-refractivity contribution in [1.82, 2.24) is 10.2 Å². The second kappa shape index (κ2) is 9.00. The number of anilines is 1. The third kappa shape index (κ3) is 4.24. The Morgan fingerprint density at radius 1 is 1.03 bits per heavy atom. The van der Waals surface area contributed by atoms with Gasteiger partial charge < -0.3 is 19.9 Å². The summed E-state index contributed by atoms with van der Waals surface area (Å²) >= 11 is 0. The van der Waals surface area contributed by atoms with Crippen molar-refractivity contribution in [1.29, 1.82) is 0 Å². The minimum Gasteiger partial charge on any atom is -0.495 e. The Labute approximate surface area is 184 Å². The highest BCUT2D eigenvalue weighted by molar-refractivity contribution is 5.99. The van der Waals surface area contributed by atoms with E-state index < -0.39 is 5.54 Å². The van der Waals surface area contributed by atoms with E-state index >= 15 is 0 Å². The summed E-state index contributed by atoms with van der Waals surface area (Å²) in [5, 5.41) is 3.26. The summed E-state index contributed by atoms with van der Waals surface area (Å²) in [6.07, 6.45) is 3.44. The van der Waals surface area contributed by atoms with Crippen LogP contribution in [-0.4, -0.2) is 55.0 Å². The first-order chi connectivity index (χ1) is 15.0. The zero-order valence-electron chi connectivity index (χ0n) is 18.3. The molecule has 4 rings (SSSR count). The third-order valence-corrected chi connectivity index (χ3v) is 6.58. The van der Waals surface area contributed by atoms with Crippen LogP contribution in [0.4, 0.5) is 5.69 Å². The van der Waals surface area contributed by atoms with E-state index in [4.69, 9.17) is 4.74 Å². The summed E-state index contributed by atoms with van der Waals surface area (Å²) in [5.41, 5.74) is 0.861. The highest BCUT2D eigenvalue weighted by Gasteiger charge is 2.46. The van der Waals surface area contributed by atoms with E-state index in [1.807, 2.05) is 55.5 Å². The SMILES string of the molecule is COc1ccccc1N1CCCC(NC(=O)C2(C)CCCN2C(=O)c2ccccc2)C1. The van der Waals surface area contributed by atoms with Gasteiger partial charge in [-0.1, -0.05) is 30.3 Å². The number of rotatable bonds is 5. The van der Waals surface area contributed by atoms with Gasteiger partial charge in [0.2, 0.25) is 5.91 Å². The standard InChI is InChI=1S/C25H31N3O3/c1-25(15-9-17-28(25)23(29)19-10-4-3-5-11-19)24(30)26-20-12-8-16-27(18-20)21-13-6-7-14-22(21)31-2/h3-7,10-11,13-14,20H,8-9,12,15-18H2,1-2H3,(H,26,30). The van der Waals surface area contributed by atoms with E-state index in [1.165, 1.54) is 0 Å². The lowest BCUT2D eigenvalue weighted by Crippen LogP contribution is -2.59.